The number of carbonyl (C=O) groups excluding carboxylic acids is 1. The molecule has 1 amide bonds. The summed E-state index contributed by atoms with van der Waals surface area (Å²) in [6, 6.07) is 11.4. The molecular weight excluding hydrogens is 426 g/mol. The summed E-state index contributed by atoms with van der Waals surface area (Å²) in [6.45, 7) is 0. The number of para-hydroxylation sites is 2. The molecule has 0 radical (unpaired) electrons. The number of benzene rings is 1. The van der Waals surface area contributed by atoms with Crippen molar-refractivity contribution < 1.29 is 9.21 Å². The van der Waals surface area contributed by atoms with Gasteiger partial charge in [0.05, 0.1) is 16.6 Å². The highest BCUT2D eigenvalue weighted by molar-refractivity contribution is 9.10. The van der Waals surface area contributed by atoms with E-state index in [4.69, 9.17) is 9.40 Å². The Morgan fingerprint density at radius 3 is 2.85 bits per heavy atom. The third-order valence-corrected chi connectivity index (χ3v) is 6.45. The number of hydrogen-bond donors (Lipinski definition) is 2. The molecule has 1 aliphatic carbocycles. The lowest BCUT2D eigenvalue weighted by Gasteiger charge is -2.11. The monoisotopic (exact) mass is 441 g/mol. The molecule has 0 saturated heterocycles. The lowest BCUT2D eigenvalue weighted by molar-refractivity contribution is 0.0996. The van der Waals surface area contributed by atoms with E-state index in [0.29, 0.717) is 4.67 Å². The van der Waals surface area contributed by atoms with Gasteiger partial charge in [0.1, 0.15) is 10.8 Å². The Morgan fingerprint density at radius 1 is 1.19 bits per heavy atom. The van der Waals surface area contributed by atoms with Gasteiger partial charge in [-0.1, -0.05) is 12.1 Å². The molecule has 0 fully saturated rings. The van der Waals surface area contributed by atoms with E-state index in [1.54, 1.807) is 23.5 Å². The second-order valence-electron chi connectivity index (χ2n) is 6.58. The molecule has 0 bridgehead atoms. The number of fused-ring (bicyclic) bond motifs is 2. The lowest BCUT2D eigenvalue weighted by atomic mass is 9.95. The number of carbonyl (C=O) groups is 1. The van der Waals surface area contributed by atoms with Crippen LogP contribution < -0.4 is 5.32 Å². The average Bonchev–Trinajstić information content (AvgIpc) is 3.36. The molecular formula is C20H16BrN3O2S. The van der Waals surface area contributed by atoms with Crippen molar-refractivity contribution >= 4 is 49.2 Å². The van der Waals surface area contributed by atoms with Crippen LogP contribution in [0.5, 0.6) is 0 Å². The van der Waals surface area contributed by atoms with Gasteiger partial charge >= 0.3 is 0 Å². The topological polar surface area (TPSA) is 70.9 Å². The number of nitrogens with one attached hydrogen (secondary N) is 2. The van der Waals surface area contributed by atoms with Crippen molar-refractivity contribution in [3.8, 4) is 11.4 Å². The minimum absolute atomic E-state index is 0.253. The number of thiophene rings is 1. The first kappa shape index (κ1) is 16.8. The van der Waals surface area contributed by atoms with Crippen molar-refractivity contribution in [2.45, 2.75) is 25.7 Å². The maximum absolute atomic E-state index is 12.6. The van der Waals surface area contributed by atoms with E-state index in [0.717, 1.165) is 46.7 Å². The van der Waals surface area contributed by atoms with E-state index in [9.17, 15) is 4.79 Å². The molecule has 5 nitrogen and oxygen atoms in total. The number of aromatic nitrogens is 2. The largest absolute Gasteiger partial charge is 0.444 e. The number of rotatable bonds is 3. The Hall–Kier alpha value is -2.38. The van der Waals surface area contributed by atoms with Gasteiger partial charge in [-0.2, -0.15) is 0 Å². The van der Waals surface area contributed by atoms with Crippen LogP contribution in [0.4, 0.5) is 5.00 Å². The van der Waals surface area contributed by atoms with Crippen molar-refractivity contribution in [1.82, 2.24) is 9.97 Å². The van der Waals surface area contributed by atoms with E-state index in [1.165, 1.54) is 16.9 Å². The second kappa shape index (κ2) is 6.65. The third-order valence-electron chi connectivity index (χ3n) is 4.82. The summed E-state index contributed by atoms with van der Waals surface area (Å²) in [5.74, 6) is 0.840. The van der Waals surface area contributed by atoms with Crippen LogP contribution in [-0.2, 0) is 12.8 Å². The molecule has 7 heteroatoms. The van der Waals surface area contributed by atoms with Gasteiger partial charge in [0.25, 0.3) is 5.91 Å². The Morgan fingerprint density at radius 2 is 2.04 bits per heavy atom. The Bertz CT molecular complexity index is 1120. The van der Waals surface area contributed by atoms with E-state index in [2.05, 4.69) is 26.2 Å². The fraction of sp³-hybridized carbons (Fsp3) is 0.200. The van der Waals surface area contributed by atoms with E-state index in [-0.39, 0.29) is 11.7 Å². The summed E-state index contributed by atoms with van der Waals surface area (Å²) in [6.07, 6.45) is 4.41. The van der Waals surface area contributed by atoms with Gasteiger partial charge in [-0.3, -0.25) is 4.79 Å². The van der Waals surface area contributed by atoms with Crippen LogP contribution >= 0.6 is 27.3 Å². The normalized spacial score (nSPS) is 13.7. The first-order valence-corrected chi connectivity index (χ1v) is 10.5. The van der Waals surface area contributed by atoms with E-state index < -0.39 is 0 Å². The Balaban J connectivity index is 1.60. The fourth-order valence-corrected chi connectivity index (χ4v) is 5.17. The molecule has 27 heavy (non-hydrogen) atoms. The van der Waals surface area contributed by atoms with Crippen LogP contribution in [0.2, 0.25) is 0 Å². The lowest BCUT2D eigenvalue weighted by Crippen LogP contribution is -2.10. The van der Waals surface area contributed by atoms with Crippen molar-refractivity contribution in [2.75, 3.05) is 5.32 Å². The molecule has 4 aromatic rings. The minimum atomic E-state index is -0.253. The Labute approximate surface area is 167 Å². The summed E-state index contributed by atoms with van der Waals surface area (Å²) in [5, 5.41) is 3.88. The summed E-state index contributed by atoms with van der Waals surface area (Å²) in [7, 11) is 0. The molecule has 1 aromatic carbocycles. The first-order valence-electron chi connectivity index (χ1n) is 8.85. The minimum Gasteiger partial charge on any atom is -0.444 e. The fourth-order valence-electron chi connectivity index (χ4n) is 3.58. The quantitative estimate of drug-likeness (QED) is 0.423. The maximum Gasteiger partial charge on any atom is 0.292 e. The predicted octanol–water partition coefficient (Wildman–Crippen LogP) is 5.78. The number of aromatic amines is 1. The molecule has 5 rings (SSSR count). The molecule has 0 aliphatic heterocycles. The molecule has 0 unspecified atom stereocenters. The van der Waals surface area contributed by atoms with Gasteiger partial charge in [0.2, 0.25) is 0 Å². The number of nitrogens with zero attached hydrogens (tertiary/aromatic N) is 1. The van der Waals surface area contributed by atoms with Crippen LogP contribution in [-0.4, -0.2) is 15.9 Å². The number of furan rings is 1. The molecule has 3 heterocycles. The number of H-pyrrole nitrogens is 1. The number of imidazole rings is 1. The zero-order valence-electron chi connectivity index (χ0n) is 14.3. The van der Waals surface area contributed by atoms with Crippen molar-refractivity contribution in [2.24, 2.45) is 0 Å². The maximum atomic E-state index is 12.6. The summed E-state index contributed by atoms with van der Waals surface area (Å²) in [4.78, 5) is 22.2. The molecule has 1 aliphatic rings. The summed E-state index contributed by atoms with van der Waals surface area (Å²) in [5.41, 5.74) is 4.25. The van der Waals surface area contributed by atoms with Crippen molar-refractivity contribution in [3.63, 3.8) is 0 Å². The number of halogens is 1. The number of aryl methyl sites for hydroxylation is 1. The first-order chi connectivity index (χ1) is 13.2. The molecule has 0 saturated carbocycles. The predicted molar refractivity (Wildman–Crippen MR) is 110 cm³/mol. The third kappa shape index (κ3) is 3.00. The average molecular weight is 442 g/mol. The highest BCUT2D eigenvalue weighted by Crippen LogP contribution is 2.43. The zero-order chi connectivity index (χ0) is 18.4. The molecule has 136 valence electrons. The van der Waals surface area contributed by atoms with Crippen LogP contribution in [0.1, 0.15) is 33.8 Å². The van der Waals surface area contributed by atoms with Gasteiger partial charge in [0.15, 0.2) is 10.4 Å². The van der Waals surface area contributed by atoms with E-state index >= 15 is 0 Å². The molecule has 2 N–H and O–H groups in total. The molecule has 3 aromatic heterocycles. The van der Waals surface area contributed by atoms with Gasteiger partial charge in [-0.25, -0.2) is 4.98 Å². The standard InChI is InChI=1S/C20H16BrN3O2S/c21-16-10-9-14(26-16)19(25)24-20-17(11-5-1-4-8-15(11)27-20)18-22-12-6-2-3-7-13(12)23-18/h2-3,6-7,9-10H,1,4-5,8H2,(H,22,23)(H,24,25). The second-order valence-corrected chi connectivity index (χ2v) is 8.46. The van der Waals surface area contributed by atoms with Crippen LogP contribution in [0, 0.1) is 0 Å². The summed E-state index contributed by atoms with van der Waals surface area (Å²) >= 11 is 4.90. The van der Waals surface area contributed by atoms with Gasteiger partial charge in [-0.05, 0) is 71.4 Å². The van der Waals surface area contributed by atoms with Crippen LogP contribution in [0.3, 0.4) is 0 Å². The van der Waals surface area contributed by atoms with Crippen molar-refractivity contribution in [3.05, 3.63) is 57.3 Å². The summed E-state index contributed by atoms with van der Waals surface area (Å²) < 4.78 is 5.94. The number of hydrogen-bond acceptors (Lipinski definition) is 4. The number of amides is 1. The smallest absolute Gasteiger partial charge is 0.292 e. The van der Waals surface area contributed by atoms with E-state index in [1.807, 2.05) is 24.3 Å². The molecule has 0 spiro atoms. The van der Waals surface area contributed by atoms with Gasteiger partial charge in [0, 0.05) is 4.88 Å². The SMILES string of the molecule is O=C(Nc1sc2c(c1-c1nc3ccccc3[nH]1)CCCC2)c1ccc(Br)o1. The molecule has 0 atom stereocenters. The van der Waals surface area contributed by atoms with Gasteiger partial charge in [-0.15, -0.1) is 11.3 Å². The zero-order valence-corrected chi connectivity index (χ0v) is 16.7. The van der Waals surface area contributed by atoms with Crippen LogP contribution in [0.15, 0.2) is 45.5 Å². The highest BCUT2D eigenvalue weighted by atomic mass is 79.9. The highest BCUT2D eigenvalue weighted by Gasteiger charge is 2.25. The van der Waals surface area contributed by atoms with Gasteiger partial charge < -0.3 is 14.7 Å². The van der Waals surface area contributed by atoms with Crippen molar-refractivity contribution in [1.29, 1.82) is 0 Å². The van der Waals surface area contributed by atoms with Crippen LogP contribution in [0.25, 0.3) is 22.4 Å². The Kier molecular flexibility index (Phi) is 4.13. The number of anilines is 1.